The third-order valence-corrected chi connectivity index (χ3v) is 8.03. The van der Waals surface area contributed by atoms with E-state index in [1.165, 1.54) is 21.5 Å². The number of nitrogens with zero attached hydrogens (tertiary/aromatic N) is 7. The van der Waals surface area contributed by atoms with Gasteiger partial charge in [-0.3, -0.25) is 23.2 Å². The molecule has 1 fully saturated rings. The van der Waals surface area contributed by atoms with Crippen molar-refractivity contribution >= 4 is 33.5 Å². The molecule has 0 saturated carbocycles. The van der Waals surface area contributed by atoms with Crippen LogP contribution in [0.15, 0.2) is 41.5 Å². The molecule has 0 bridgehead atoms. The fraction of sp³-hybridized carbons (Fsp3) is 0.400. The van der Waals surface area contributed by atoms with E-state index in [4.69, 9.17) is 4.98 Å². The number of alkyl halides is 3. The first-order valence-electron chi connectivity index (χ1n) is 13.7. The Morgan fingerprint density at radius 1 is 0.881 bits per heavy atom. The van der Waals surface area contributed by atoms with Crippen LogP contribution in [0.1, 0.15) is 45.0 Å². The summed E-state index contributed by atoms with van der Waals surface area (Å²) in [6.07, 6.45) is -0.885. The van der Waals surface area contributed by atoms with Gasteiger partial charge in [-0.25, -0.2) is 9.78 Å². The van der Waals surface area contributed by atoms with Crippen molar-refractivity contribution in [3.05, 3.63) is 58.5 Å². The number of anilines is 1. The third-order valence-electron chi connectivity index (χ3n) is 8.03. The average molecular weight is 580 g/mol. The quantitative estimate of drug-likeness (QED) is 0.297. The van der Waals surface area contributed by atoms with E-state index >= 15 is 0 Å². The molecule has 0 unspecified atom stereocenters. The predicted octanol–water partition coefficient (Wildman–Crippen LogP) is 5.10. The van der Waals surface area contributed by atoms with E-state index in [1.54, 1.807) is 36.5 Å². The lowest BCUT2D eigenvalue weighted by molar-refractivity contribution is -0.137. The normalized spacial score (nSPS) is 15.0. The van der Waals surface area contributed by atoms with Crippen molar-refractivity contribution in [2.75, 3.05) is 18.0 Å². The van der Waals surface area contributed by atoms with E-state index in [9.17, 15) is 22.8 Å². The van der Waals surface area contributed by atoms with Crippen molar-refractivity contribution in [3.63, 3.8) is 0 Å². The second-order valence-corrected chi connectivity index (χ2v) is 12.1. The van der Waals surface area contributed by atoms with Crippen molar-refractivity contribution in [1.82, 2.24) is 28.5 Å². The molecule has 3 aromatic heterocycles. The number of aromatic nitrogens is 6. The molecule has 6 rings (SSSR count). The van der Waals surface area contributed by atoms with E-state index in [0.717, 1.165) is 11.8 Å². The van der Waals surface area contributed by atoms with Crippen LogP contribution >= 0.6 is 0 Å². The molecule has 0 aliphatic carbocycles. The highest BCUT2D eigenvalue weighted by Gasteiger charge is 2.36. The number of ketones is 1. The Kier molecular flexibility index (Phi) is 6.18. The molecule has 0 amide bonds. The van der Waals surface area contributed by atoms with Gasteiger partial charge in [0.1, 0.15) is 11.6 Å². The molecule has 1 aliphatic heterocycles. The molecule has 4 heterocycles. The molecule has 2 aromatic carbocycles. The molecule has 0 spiro atoms. The van der Waals surface area contributed by atoms with Gasteiger partial charge in [-0.05, 0) is 29.8 Å². The van der Waals surface area contributed by atoms with Crippen molar-refractivity contribution in [2.24, 2.45) is 21.1 Å². The number of carbonyl (C=O) groups is 1. The summed E-state index contributed by atoms with van der Waals surface area (Å²) in [4.78, 5) is 32.0. The van der Waals surface area contributed by atoms with Gasteiger partial charge < -0.3 is 4.90 Å². The first-order valence-corrected chi connectivity index (χ1v) is 13.7. The number of benzene rings is 2. The minimum absolute atomic E-state index is 0.00721. The number of aryl methyl sites for hydroxylation is 3. The number of carbonyl (C=O) groups excluding carboxylic acids is 1. The number of piperidine rings is 1. The van der Waals surface area contributed by atoms with Gasteiger partial charge in [-0.15, -0.1) is 0 Å². The number of halogens is 3. The minimum atomic E-state index is -4.63. The number of fused-ring (bicyclic) bond motifs is 2. The van der Waals surface area contributed by atoms with Crippen LogP contribution in [0.3, 0.4) is 0 Å². The maximum atomic E-state index is 14.6. The van der Waals surface area contributed by atoms with Gasteiger partial charge in [-0.1, -0.05) is 20.8 Å². The van der Waals surface area contributed by atoms with E-state index in [2.05, 4.69) is 10.00 Å². The topological polar surface area (TPSA) is 82.9 Å². The Balaban J connectivity index is 1.70. The standard InChI is InChI=1S/C30H32F3N7O2/c1-29(2,3)27-35-22-13-20(17-15-34-36(4)16-17)21(30(31,32)33)14-23(22)40(27)18-11-24-26(38(6)28(42)37(24)5)25(12-18)39-9-7-19(41)8-10-39/h11-16H,7-10H2,1-6H3. The minimum Gasteiger partial charge on any atom is -0.369 e. The zero-order chi connectivity index (χ0) is 30.3. The van der Waals surface area contributed by atoms with Gasteiger partial charge in [0.2, 0.25) is 0 Å². The highest BCUT2D eigenvalue weighted by atomic mass is 19.4. The van der Waals surface area contributed by atoms with Crippen molar-refractivity contribution in [3.8, 4) is 16.8 Å². The van der Waals surface area contributed by atoms with Gasteiger partial charge in [0.25, 0.3) is 0 Å². The Bertz CT molecular complexity index is 1940. The molecule has 42 heavy (non-hydrogen) atoms. The molecule has 12 heteroatoms. The number of hydrogen-bond acceptors (Lipinski definition) is 5. The van der Waals surface area contributed by atoms with Crippen LogP contribution in [0.4, 0.5) is 18.9 Å². The molecule has 1 aliphatic rings. The van der Waals surface area contributed by atoms with Crippen LogP contribution in [0.2, 0.25) is 0 Å². The first-order chi connectivity index (χ1) is 19.6. The van der Waals surface area contributed by atoms with E-state index in [-0.39, 0.29) is 17.0 Å². The van der Waals surface area contributed by atoms with Crippen LogP contribution in [0, 0.1) is 0 Å². The number of rotatable bonds is 3. The smallest absolute Gasteiger partial charge is 0.369 e. The van der Waals surface area contributed by atoms with E-state index in [1.807, 2.05) is 32.9 Å². The first kappa shape index (κ1) is 27.8. The fourth-order valence-electron chi connectivity index (χ4n) is 5.90. The molecule has 0 atom stereocenters. The summed E-state index contributed by atoms with van der Waals surface area (Å²) in [6.45, 7) is 6.87. The van der Waals surface area contributed by atoms with Crippen LogP contribution < -0.4 is 10.6 Å². The lowest BCUT2D eigenvalue weighted by Crippen LogP contribution is -2.34. The summed E-state index contributed by atoms with van der Waals surface area (Å²) < 4.78 is 50.0. The average Bonchev–Trinajstić information content (AvgIpc) is 3.58. The third kappa shape index (κ3) is 4.40. The second-order valence-electron chi connectivity index (χ2n) is 12.1. The van der Waals surface area contributed by atoms with Crippen molar-refractivity contribution < 1.29 is 18.0 Å². The fourth-order valence-corrected chi connectivity index (χ4v) is 5.90. The summed E-state index contributed by atoms with van der Waals surface area (Å²) in [6, 6.07) is 6.37. The molecule has 5 aromatic rings. The van der Waals surface area contributed by atoms with Crippen LogP contribution in [-0.2, 0) is 37.5 Å². The molecular weight excluding hydrogens is 547 g/mol. The van der Waals surface area contributed by atoms with Gasteiger partial charge in [0, 0.05) is 64.2 Å². The Labute approximate surface area is 239 Å². The maximum Gasteiger partial charge on any atom is 0.417 e. The van der Waals surface area contributed by atoms with E-state index in [0.29, 0.717) is 65.1 Å². The Hall–Kier alpha value is -4.35. The molecule has 0 N–H and O–H groups in total. The summed E-state index contributed by atoms with van der Waals surface area (Å²) in [5.74, 6) is 0.759. The second kappa shape index (κ2) is 9.33. The number of imidazole rings is 2. The van der Waals surface area contributed by atoms with Gasteiger partial charge in [0.15, 0.2) is 0 Å². The maximum absolute atomic E-state index is 14.6. The number of Topliss-reactive ketones (excluding diaryl/α,β-unsaturated/α-hetero) is 1. The molecule has 9 nitrogen and oxygen atoms in total. The number of hydrogen-bond donors (Lipinski definition) is 0. The zero-order valence-corrected chi connectivity index (χ0v) is 24.4. The lowest BCUT2D eigenvalue weighted by atomic mass is 9.95. The molecular formula is C30H32F3N7O2. The predicted molar refractivity (Wildman–Crippen MR) is 155 cm³/mol. The highest BCUT2D eigenvalue weighted by Crippen LogP contribution is 2.42. The highest BCUT2D eigenvalue weighted by molar-refractivity contribution is 5.94. The van der Waals surface area contributed by atoms with Crippen LogP contribution in [0.5, 0.6) is 0 Å². The monoisotopic (exact) mass is 579 g/mol. The Morgan fingerprint density at radius 2 is 1.57 bits per heavy atom. The summed E-state index contributed by atoms with van der Waals surface area (Å²) in [5, 5.41) is 4.08. The molecule has 220 valence electrons. The zero-order valence-electron chi connectivity index (χ0n) is 24.4. The van der Waals surface area contributed by atoms with Crippen LogP contribution in [-0.4, -0.2) is 47.3 Å². The summed E-state index contributed by atoms with van der Waals surface area (Å²) in [7, 11) is 5.03. The van der Waals surface area contributed by atoms with Gasteiger partial charge in [0.05, 0.1) is 45.2 Å². The van der Waals surface area contributed by atoms with Crippen molar-refractivity contribution in [2.45, 2.75) is 45.2 Å². The lowest BCUT2D eigenvalue weighted by Gasteiger charge is -2.30. The summed E-state index contributed by atoms with van der Waals surface area (Å²) >= 11 is 0. The van der Waals surface area contributed by atoms with Crippen molar-refractivity contribution in [1.29, 1.82) is 0 Å². The molecule has 1 saturated heterocycles. The van der Waals surface area contributed by atoms with E-state index < -0.39 is 17.2 Å². The summed E-state index contributed by atoms with van der Waals surface area (Å²) in [5.41, 5.74) is 2.21. The van der Waals surface area contributed by atoms with Gasteiger partial charge >= 0.3 is 11.9 Å². The molecule has 0 radical (unpaired) electrons. The Morgan fingerprint density at radius 3 is 2.17 bits per heavy atom. The largest absolute Gasteiger partial charge is 0.417 e. The SMILES string of the molecule is Cn1cc(-c2cc3nc(C(C)(C)C)n(-c4cc(N5CCC(=O)CC5)c5c(c4)n(C)c(=O)n5C)c3cc2C(F)(F)F)cn1. The van der Waals surface area contributed by atoms with Gasteiger partial charge in [-0.2, -0.15) is 18.3 Å². The van der Waals surface area contributed by atoms with Crippen LogP contribution in [0.25, 0.3) is 38.9 Å².